The summed E-state index contributed by atoms with van der Waals surface area (Å²) in [6.07, 6.45) is 1.09. The molecular weight excluding hydrogens is 322 g/mol. The van der Waals surface area contributed by atoms with Crippen LogP contribution in [0.4, 0.5) is 11.6 Å². The van der Waals surface area contributed by atoms with E-state index in [9.17, 15) is 14.4 Å². The number of nitrogens with zero attached hydrogens (tertiary/aromatic N) is 2. The van der Waals surface area contributed by atoms with Gasteiger partial charge in [0, 0.05) is 0 Å². The number of H-pyrrole nitrogens is 1. The zero-order valence-electron chi connectivity index (χ0n) is 11.5. The van der Waals surface area contributed by atoms with E-state index >= 15 is 0 Å². The van der Waals surface area contributed by atoms with Gasteiger partial charge in [0.2, 0.25) is 5.95 Å². The van der Waals surface area contributed by atoms with Gasteiger partial charge in [-0.25, -0.2) is 9.99 Å². The first-order chi connectivity index (χ1) is 11.0. The van der Waals surface area contributed by atoms with Crippen LogP contribution in [-0.2, 0) is 9.59 Å². The molecule has 2 heterocycles. The van der Waals surface area contributed by atoms with Crippen LogP contribution in [0.15, 0.2) is 40.7 Å². The van der Waals surface area contributed by atoms with E-state index in [2.05, 4.69) is 15.4 Å². The van der Waals surface area contributed by atoms with Crippen molar-refractivity contribution in [2.45, 2.75) is 0 Å². The lowest BCUT2D eigenvalue weighted by Crippen LogP contribution is -2.35. The van der Waals surface area contributed by atoms with Crippen LogP contribution >= 0.6 is 11.6 Å². The summed E-state index contributed by atoms with van der Waals surface area (Å²) in [5, 5.41) is 0.888. The molecule has 0 radical (unpaired) electrons. The van der Waals surface area contributed by atoms with E-state index < -0.39 is 17.4 Å². The number of nitrogens with one attached hydrogen (secondary N) is 2. The fraction of sp³-hybridized carbons (Fsp3) is 0. The summed E-state index contributed by atoms with van der Waals surface area (Å²) in [4.78, 5) is 42.2. The van der Waals surface area contributed by atoms with Crippen LogP contribution in [0.1, 0.15) is 5.56 Å². The highest BCUT2D eigenvalue weighted by molar-refractivity contribution is 6.34. The van der Waals surface area contributed by atoms with Crippen molar-refractivity contribution in [3.63, 3.8) is 0 Å². The number of anilines is 2. The van der Waals surface area contributed by atoms with Crippen LogP contribution in [0, 0.1) is 0 Å². The molecule has 1 saturated heterocycles. The van der Waals surface area contributed by atoms with Gasteiger partial charge in [0.1, 0.15) is 10.7 Å². The molecule has 0 spiro atoms. The highest BCUT2D eigenvalue weighted by Crippen LogP contribution is 2.21. The van der Waals surface area contributed by atoms with Crippen molar-refractivity contribution < 1.29 is 9.59 Å². The number of aromatic amines is 1. The maximum Gasteiger partial charge on any atom is 0.282 e. The molecule has 0 saturated carbocycles. The van der Waals surface area contributed by atoms with Crippen molar-refractivity contribution in [3.05, 3.63) is 57.0 Å². The summed E-state index contributed by atoms with van der Waals surface area (Å²) in [5.41, 5.74) is 7.28. The maximum atomic E-state index is 12.4. The Bertz CT molecular complexity index is 891. The molecule has 0 unspecified atom stereocenters. The number of rotatable bonds is 2. The van der Waals surface area contributed by atoms with Gasteiger partial charge in [-0.15, -0.1) is 0 Å². The Kier molecular flexibility index (Phi) is 3.59. The third kappa shape index (κ3) is 2.67. The Morgan fingerprint density at radius 3 is 2.52 bits per heavy atom. The molecule has 0 atom stereocenters. The average Bonchev–Trinajstić information content (AvgIpc) is 2.79. The van der Waals surface area contributed by atoms with Crippen molar-refractivity contribution in [1.82, 2.24) is 15.4 Å². The number of carbonyl (C=O) groups excluding carboxylic acids is 2. The van der Waals surface area contributed by atoms with Crippen molar-refractivity contribution in [1.29, 1.82) is 0 Å². The molecule has 1 aliphatic rings. The molecule has 1 aliphatic heterocycles. The summed E-state index contributed by atoms with van der Waals surface area (Å²) in [6, 6.07) is 8.54. The first-order valence-electron chi connectivity index (χ1n) is 6.45. The molecule has 4 N–H and O–H groups in total. The van der Waals surface area contributed by atoms with Crippen LogP contribution in [0.2, 0.25) is 5.15 Å². The van der Waals surface area contributed by atoms with Crippen LogP contribution < -0.4 is 21.7 Å². The minimum atomic E-state index is -0.647. The molecule has 3 rings (SSSR count). The van der Waals surface area contributed by atoms with E-state index in [1.165, 1.54) is 0 Å². The molecular formula is C14H10ClN5O3. The molecule has 1 aromatic heterocycles. The van der Waals surface area contributed by atoms with Gasteiger partial charge in [-0.2, -0.15) is 0 Å². The Labute approximate surface area is 134 Å². The second-order valence-corrected chi connectivity index (χ2v) is 4.99. The van der Waals surface area contributed by atoms with Crippen molar-refractivity contribution in [2.24, 2.45) is 0 Å². The van der Waals surface area contributed by atoms with Gasteiger partial charge in [-0.05, 0) is 18.2 Å². The smallest absolute Gasteiger partial charge is 0.282 e. The molecule has 1 aromatic carbocycles. The number of para-hydroxylation sites is 1. The van der Waals surface area contributed by atoms with Crippen LogP contribution in [0.3, 0.4) is 0 Å². The van der Waals surface area contributed by atoms with E-state index in [1.807, 2.05) is 0 Å². The molecule has 0 bridgehead atoms. The number of halogens is 1. The Morgan fingerprint density at radius 1 is 1.17 bits per heavy atom. The van der Waals surface area contributed by atoms with Gasteiger partial charge in [-0.3, -0.25) is 24.8 Å². The Morgan fingerprint density at radius 2 is 1.87 bits per heavy atom. The standard InChI is InChI=1S/C14H10ClN5O3/c15-10-8(11(21)18-14(16)17-10)6-9-12(22)19-20(13(9)23)7-4-2-1-3-5-7/h1-6H,(H,19,22)(H3,16,17,18,21)/b9-6-. The Balaban J connectivity index is 2.03. The van der Waals surface area contributed by atoms with E-state index in [0.717, 1.165) is 11.1 Å². The normalized spacial score (nSPS) is 16.0. The third-order valence-corrected chi connectivity index (χ3v) is 3.41. The number of hydrogen-bond acceptors (Lipinski definition) is 5. The average molecular weight is 332 g/mol. The number of amides is 2. The number of aromatic nitrogens is 2. The molecule has 9 heteroatoms. The lowest BCUT2D eigenvalue weighted by Gasteiger charge is -2.13. The summed E-state index contributed by atoms with van der Waals surface area (Å²) in [7, 11) is 0. The number of nitrogens with two attached hydrogens (primary N) is 1. The zero-order valence-corrected chi connectivity index (χ0v) is 12.3. The number of nitrogen functional groups attached to an aromatic ring is 1. The van der Waals surface area contributed by atoms with Crippen molar-refractivity contribution in [2.75, 3.05) is 10.7 Å². The molecule has 2 amide bonds. The molecule has 0 aliphatic carbocycles. The van der Waals surface area contributed by atoms with E-state index in [-0.39, 0.29) is 22.2 Å². The van der Waals surface area contributed by atoms with E-state index in [4.69, 9.17) is 17.3 Å². The molecule has 8 nitrogen and oxygen atoms in total. The second-order valence-electron chi connectivity index (χ2n) is 4.63. The number of hydrazine groups is 1. The second kappa shape index (κ2) is 5.58. The summed E-state index contributed by atoms with van der Waals surface area (Å²) < 4.78 is 0. The van der Waals surface area contributed by atoms with Crippen LogP contribution in [0.25, 0.3) is 6.08 Å². The predicted molar refractivity (Wildman–Crippen MR) is 84.3 cm³/mol. The topological polar surface area (TPSA) is 121 Å². The number of hydrogen-bond donors (Lipinski definition) is 3. The van der Waals surface area contributed by atoms with Gasteiger partial charge in [0.25, 0.3) is 17.4 Å². The molecule has 2 aromatic rings. The first-order valence-corrected chi connectivity index (χ1v) is 6.82. The predicted octanol–water partition coefficient (Wildman–Crippen LogP) is 0.467. The lowest BCUT2D eigenvalue weighted by molar-refractivity contribution is -0.117. The highest BCUT2D eigenvalue weighted by atomic mass is 35.5. The SMILES string of the molecule is Nc1nc(Cl)c(/C=C2/C(=O)NN(c3ccccc3)C2=O)c(=O)[nH]1. The van der Waals surface area contributed by atoms with Crippen LogP contribution in [0.5, 0.6) is 0 Å². The summed E-state index contributed by atoms with van der Waals surface area (Å²) in [5.74, 6) is -1.41. The Hall–Kier alpha value is -3.13. The van der Waals surface area contributed by atoms with Gasteiger partial charge in [0.05, 0.1) is 11.3 Å². The lowest BCUT2D eigenvalue weighted by atomic mass is 10.1. The van der Waals surface area contributed by atoms with Gasteiger partial charge < -0.3 is 5.73 Å². The maximum absolute atomic E-state index is 12.4. The van der Waals surface area contributed by atoms with E-state index in [0.29, 0.717) is 5.69 Å². The fourth-order valence-corrected chi connectivity index (χ4v) is 2.29. The zero-order chi connectivity index (χ0) is 16.6. The largest absolute Gasteiger partial charge is 0.369 e. The van der Waals surface area contributed by atoms with Gasteiger partial charge >= 0.3 is 0 Å². The molecule has 116 valence electrons. The quantitative estimate of drug-likeness (QED) is 0.419. The minimum Gasteiger partial charge on any atom is -0.369 e. The van der Waals surface area contributed by atoms with Crippen molar-refractivity contribution >= 4 is 41.1 Å². The fourth-order valence-electron chi connectivity index (χ4n) is 2.06. The van der Waals surface area contributed by atoms with Crippen LogP contribution in [-0.4, -0.2) is 21.8 Å². The monoisotopic (exact) mass is 331 g/mol. The molecule has 1 fully saturated rings. The number of benzene rings is 1. The first kappa shape index (κ1) is 14.8. The van der Waals surface area contributed by atoms with Crippen molar-refractivity contribution in [3.8, 4) is 0 Å². The van der Waals surface area contributed by atoms with Gasteiger partial charge in [-0.1, -0.05) is 29.8 Å². The number of carbonyl (C=O) groups is 2. The third-order valence-electron chi connectivity index (χ3n) is 3.12. The highest BCUT2D eigenvalue weighted by Gasteiger charge is 2.34. The minimum absolute atomic E-state index is 0.116. The van der Waals surface area contributed by atoms with E-state index in [1.54, 1.807) is 30.3 Å². The molecule has 23 heavy (non-hydrogen) atoms. The summed E-state index contributed by atoms with van der Waals surface area (Å²) in [6.45, 7) is 0. The van der Waals surface area contributed by atoms with Gasteiger partial charge in [0.15, 0.2) is 0 Å². The summed E-state index contributed by atoms with van der Waals surface area (Å²) >= 11 is 5.85.